The minimum atomic E-state index is -1.18. The van der Waals surface area contributed by atoms with Crippen molar-refractivity contribution in [3.63, 3.8) is 0 Å². The van der Waals surface area contributed by atoms with Gasteiger partial charge in [0.25, 0.3) is 0 Å². The molecule has 5 aromatic rings. The number of anilines is 1. The first kappa shape index (κ1) is 31.6. The van der Waals surface area contributed by atoms with Gasteiger partial charge in [0.15, 0.2) is 0 Å². The predicted molar refractivity (Wildman–Crippen MR) is 190 cm³/mol. The van der Waals surface area contributed by atoms with Crippen LogP contribution in [0.1, 0.15) is 31.4 Å². The largest absolute Gasteiger partial charge is 0.361 e. The SMILES string of the molecule is Cc1cnc(N[C@@H]2CN(Cc3ccccc3)CC(C)(C)C2)nc1-c1cn(COCC[Si](C)(C)C)c2cc(-c3nccs3)ccc12. The van der Waals surface area contributed by atoms with E-state index >= 15 is 0 Å². The van der Waals surface area contributed by atoms with Crippen molar-refractivity contribution >= 4 is 36.3 Å². The molecule has 4 heterocycles. The van der Waals surface area contributed by atoms with E-state index in [4.69, 9.17) is 14.7 Å². The highest BCUT2D eigenvalue weighted by Crippen LogP contribution is 2.36. The third kappa shape index (κ3) is 7.89. The number of nitrogens with zero attached hydrogens (tertiary/aromatic N) is 5. The van der Waals surface area contributed by atoms with Gasteiger partial charge in [0.1, 0.15) is 11.7 Å². The van der Waals surface area contributed by atoms with Crippen LogP contribution in [-0.4, -0.2) is 58.2 Å². The molecule has 45 heavy (non-hydrogen) atoms. The van der Waals surface area contributed by atoms with Crippen LogP contribution in [0.15, 0.2) is 72.5 Å². The lowest BCUT2D eigenvalue weighted by Gasteiger charge is -2.42. The summed E-state index contributed by atoms with van der Waals surface area (Å²) in [6.45, 7) is 18.2. The zero-order chi connectivity index (χ0) is 31.6. The molecule has 1 aliphatic heterocycles. The smallest absolute Gasteiger partial charge is 0.223 e. The molecule has 1 aliphatic rings. The van der Waals surface area contributed by atoms with Gasteiger partial charge in [0.05, 0.1) is 11.2 Å². The van der Waals surface area contributed by atoms with Gasteiger partial charge in [-0.3, -0.25) is 4.90 Å². The van der Waals surface area contributed by atoms with Gasteiger partial charge in [-0.2, -0.15) is 0 Å². The summed E-state index contributed by atoms with van der Waals surface area (Å²) in [5.74, 6) is 0.685. The van der Waals surface area contributed by atoms with Crippen LogP contribution in [0, 0.1) is 12.3 Å². The Morgan fingerprint density at radius 1 is 1.09 bits per heavy atom. The highest BCUT2D eigenvalue weighted by atomic mass is 32.1. The van der Waals surface area contributed by atoms with E-state index in [1.165, 1.54) is 5.56 Å². The first-order chi connectivity index (χ1) is 21.5. The Hall–Kier alpha value is -3.37. The fourth-order valence-electron chi connectivity index (χ4n) is 6.43. The molecule has 0 spiro atoms. The molecule has 0 aliphatic carbocycles. The molecule has 6 rings (SSSR count). The highest BCUT2D eigenvalue weighted by molar-refractivity contribution is 7.13. The number of fused-ring (bicyclic) bond motifs is 1. The number of hydrogen-bond donors (Lipinski definition) is 1. The van der Waals surface area contributed by atoms with E-state index < -0.39 is 8.07 Å². The molecule has 0 saturated carbocycles. The summed E-state index contributed by atoms with van der Waals surface area (Å²) in [4.78, 5) is 17.0. The predicted octanol–water partition coefficient (Wildman–Crippen LogP) is 8.56. The van der Waals surface area contributed by atoms with Crippen molar-refractivity contribution in [2.45, 2.75) is 72.2 Å². The third-order valence-corrected chi connectivity index (χ3v) is 11.1. The van der Waals surface area contributed by atoms with Crippen molar-refractivity contribution in [2.24, 2.45) is 5.41 Å². The molecule has 1 N–H and O–H groups in total. The van der Waals surface area contributed by atoms with Crippen molar-refractivity contribution in [3.05, 3.63) is 83.6 Å². The summed E-state index contributed by atoms with van der Waals surface area (Å²) in [6, 6.07) is 18.8. The molecular formula is C36H46N6OSSi. The quantitative estimate of drug-likeness (QED) is 0.116. The minimum absolute atomic E-state index is 0.191. The number of aromatic nitrogens is 4. The molecule has 1 saturated heterocycles. The Morgan fingerprint density at radius 2 is 1.91 bits per heavy atom. The van der Waals surface area contributed by atoms with Crippen LogP contribution < -0.4 is 5.32 Å². The zero-order valence-electron chi connectivity index (χ0n) is 27.5. The van der Waals surface area contributed by atoms with Crippen molar-refractivity contribution in [2.75, 3.05) is 25.0 Å². The van der Waals surface area contributed by atoms with Gasteiger partial charge >= 0.3 is 0 Å². The number of thiazole rings is 1. The number of piperidine rings is 1. The van der Waals surface area contributed by atoms with Crippen molar-refractivity contribution < 1.29 is 4.74 Å². The van der Waals surface area contributed by atoms with Gasteiger partial charge in [-0.15, -0.1) is 11.3 Å². The maximum absolute atomic E-state index is 6.25. The van der Waals surface area contributed by atoms with E-state index in [-0.39, 0.29) is 11.5 Å². The molecule has 7 nitrogen and oxygen atoms in total. The van der Waals surface area contributed by atoms with E-state index in [0.717, 1.165) is 77.0 Å². The van der Waals surface area contributed by atoms with Gasteiger partial charge < -0.3 is 14.6 Å². The maximum atomic E-state index is 6.25. The van der Waals surface area contributed by atoms with E-state index in [9.17, 15) is 0 Å². The summed E-state index contributed by atoms with van der Waals surface area (Å²) < 4.78 is 8.47. The van der Waals surface area contributed by atoms with Gasteiger partial charge in [0.2, 0.25) is 5.95 Å². The second kappa shape index (κ2) is 13.2. The molecule has 9 heteroatoms. The topological polar surface area (TPSA) is 68.1 Å². The highest BCUT2D eigenvalue weighted by Gasteiger charge is 2.33. The van der Waals surface area contributed by atoms with Crippen molar-refractivity contribution in [1.29, 1.82) is 0 Å². The average molecular weight is 639 g/mol. The number of hydrogen-bond acceptors (Lipinski definition) is 7. The third-order valence-electron chi connectivity index (χ3n) is 8.53. The van der Waals surface area contributed by atoms with Crippen LogP contribution in [0.25, 0.3) is 32.7 Å². The number of rotatable bonds is 11. The summed E-state index contributed by atoms with van der Waals surface area (Å²) in [7, 11) is -1.18. The van der Waals surface area contributed by atoms with Crippen LogP contribution in [0.4, 0.5) is 5.95 Å². The van der Waals surface area contributed by atoms with Gasteiger partial charge in [-0.25, -0.2) is 15.0 Å². The Balaban J connectivity index is 1.28. The molecule has 236 valence electrons. The number of likely N-dealkylation sites (tertiary alicyclic amines) is 1. The lowest BCUT2D eigenvalue weighted by molar-refractivity contribution is 0.0903. The summed E-state index contributed by atoms with van der Waals surface area (Å²) in [5.41, 5.74) is 6.89. The van der Waals surface area contributed by atoms with Crippen LogP contribution in [0.3, 0.4) is 0 Å². The number of ether oxygens (including phenoxy) is 1. The molecule has 3 aromatic heterocycles. The van der Waals surface area contributed by atoms with Gasteiger partial charge in [-0.05, 0) is 42.0 Å². The monoisotopic (exact) mass is 638 g/mol. The number of nitrogens with one attached hydrogen (secondary N) is 1. The van der Waals surface area contributed by atoms with Crippen molar-refractivity contribution in [3.8, 4) is 21.8 Å². The summed E-state index contributed by atoms with van der Waals surface area (Å²) in [5, 5.41) is 7.93. The fourth-order valence-corrected chi connectivity index (χ4v) is 7.82. The van der Waals surface area contributed by atoms with Crippen molar-refractivity contribution in [1.82, 2.24) is 24.4 Å². The zero-order valence-corrected chi connectivity index (χ0v) is 29.3. The minimum Gasteiger partial charge on any atom is -0.361 e. The van der Waals surface area contributed by atoms with E-state index in [2.05, 4.69) is 115 Å². The van der Waals surface area contributed by atoms with Crippen LogP contribution in [0.2, 0.25) is 25.7 Å². The van der Waals surface area contributed by atoms with E-state index in [1.807, 2.05) is 17.8 Å². The Morgan fingerprint density at radius 3 is 2.67 bits per heavy atom. The molecular weight excluding hydrogens is 593 g/mol. The second-order valence-electron chi connectivity index (χ2n) is 14.5. The maximum Gasteiger partial charge on any atom is 0.223 e. The Kier molecular flexibility index (Phi) is 9.24. The lowest BCUT2D eigenvalue weighted by atomic mass is 9.81. The normalized spacial score (nSPS) is 17.2. The lowest BCUT2D eigenvalue weighted by Crippen LogP contribution is -2.49. The molecule has 0 radical (unpaired) electrons. The van der Waals surface area contributed by atoms with Crippen LogP contribution >= 0.6 is 11.3 Å². The molecule has 0 bridgehead atoms. The Labute approximate surface area is 272 Å². The van der Waals surface area contributed by atoms with Gasteiger partial charge in [0, 0.05) is 80.8 Å². The standard InChI is InChI=1S/C36H46N6OSSi/c1-26-20-38-35(39-29-19-36(2,3)24-41(22-29)21-27-10-8-7-9-11-27)40-33(26)31-23-42(25-43-15-17-45(4,5)6)32-18-28(12-13-30(31)32)34-37-14-16-44-34/h7-14,16,18,20,23,29H,15,17,19,21-22,24-25H2,1-6H3,(H,38,39,40)/t29-/m0/s1. The van der Waals surface area contributed by atoms with E-state index in [1.54, 1.807) is 11.3 Å². The Bertz CT molecular complexity index is 1730. The van der Waals surface area contributed by atoms with Crippen LogP contribution in [0.5, 0.6) is 0 Å². The molecule has 0 unspecified atom stereocenters. The molecule has 2 aromatic carbocycles. The molecule has 1 fully saturated rings. The van der Waals surface area contributed by atoms with Crippen LogP contribution in [-0.2, 0) is 18.0 Å². The number of benzene rings is 2. The van der Waals surface area contributed by atoms with Gasteiger partial charge in [-0.1, -0.05) is 76.0 Å². The van der Waals surface area contributed by atoms with E-state index in [0.29, 0.717) is 12.7 Å². The second-order valence-corrected chi connectivity index (χ2v) is 21.0. The first-order valence-corrected chi connectivity index (χ1v) is 20.6. The average Bonchev–Trinajstić information content (AvgIpc) is 3.64. The number of aryl methyl sites for hydroxylation is 1. The summed E-state index contributed by atoms with van der Waals surface area (Å²) >= 11 is 1.66. The first-order valence-electron chi connectivity index (χ1n) is 16.0. The fraction of sp³-hybridized carbons (Fsp3) is 0.417. The molecule has 0 amide bonds. The molecule has 1 atom stereocenters. The summed E-state index contributed by atoms with van der Waals surface area (Å²) in [6.07, 6.45) is 7.09.